The summed E-state index contributed by atoms with van der Waals surface area (Å²) >= 11 is 0. The minimum absolute atomic E-state index is 0.385. The summed E-state index contributed by atoms with van der Waals surface area (Å²) in [7, 11) is 0. The summed E-state index contributed by atoms with van der Waals surface area (Å²) in [5.74, 6) is 1.71. The molecule has 0 aliphatic heterocycles. The highest BCUT2D eigenvalue weighted by Crippen LogP contribution is 2.27. The SMILES string of the molecule is CC1CCCC(Oc2cccc(N)c2)C1. The maximum absolute atomic E-state index is 5.93. The Kier molecular flexibility index (Phi) is 3.14. The minimum Gasteiger partial charge on any atom is -0.490 e. The molecular weight excluding hydrogens is 186 g/mol. The first-order valence-electron chi connectivity index (χ1n) is 5.76. The van der Waals surface area contributed by atoms with Gasteiger partial charge >= 0.3 is 0 Å². The van der Waals surface area contributed by atoms with Gasteiger partial charge in [0.05, 0.1) is 6.10 Å². The van der Waals surface area contributed by atoms with Gasteiger partial charge in [-0.25, -0.2) is 0 Å². The van der Waals surface area contributed by atoms with Gasteiger partial charge in [-0.05, 0) is 37.3 Å². The average molecular weight is 205 g/mol. The molecule has 0 saturated heterocycles. The van der Waals surface area contributed by atoms with Crippen molar-refractivity contribution in [3.8, 4) is 5.75 Å². The number of hydrogen-bond acceptors (Lipinski definition) is 2. The molecule has 2 nitrogen and oxygen atoms in total. The van der Waals surface area contributed by atoms with Crippen LogP contribution in [0.1, 0.15) is 32.6 Å². The molecule has 2 N–H and O–H groups in total. The first kappa shape index (κ1) is 10.3. The zero-order valence-electron chi connectivity index (χ0n) is 9.28. The van der Waals surface area contributed by atoms with Crippen LogP contribution in [0.5, 0.6) is 5.75 Å². The monoisotopic (exact) mass is 205 g/mol. The number of hydrogen-bond donors (Lipinski definition) is 1. The van der Waals surface area contributed by atoms with E-state index in [1.165, 1.54) is 25.7 Å². The Morgan fingerprint density at radius 1 is 1.33 bits per heavy atom. The van der Waals surface area contributed by atoms with Crippen LogP contribution in [0.25, 0.3) is 0 Å². The van der Waals surface area contributed by atoms with Gasteiger partial charge in [0, 0.05) is 11.8 Å². The lowest BCUT2D eigenvalue weighted by atomic mass is 9.89. The van der Waals surface area contributed by atoms with Crippen LogP contribution in [-0.4, -0.2) is 6.10 Å². The van der Waals surface area contributed by atoms with Gasteiger partial charge in [-0.15, -0.1) is 0 Å². The summed E-state index contributed by atoms with van der Waals surface area (Å²) < 4.78 is 5.93. The Hall–Kier alpha value is -1.18. The van der Waals surface area contributed by atoms with Crippen molar-refractivity contribution in [2.24, 2.45) is 5.92 Å². The maximum atomic E-state index is 5.93. The number of nitrogens with two attached hydrogens (primary N) is 1. The summed E-state index contributed by atoms with van der Waals surface area (Å²) in [6.07, 6.45) is 5.37. The predicted octanol–water partition coefficient (Wildman–Crippen LogP) is 3.23. The van der Waals surface area contributed by atoms with Crippen LogP contribution >= 0.6 is 0 Å². The summed E-state index contributed by atoms with van der Waals surface area (Å²) in [6.45, 7) is 2.30. The molecule has 1 aliphatic rings. The summed E-state index contributed by atoms with van der Waals surface area (Å²) in [5.41, 5.74) is 6.49. The summed E-state index contributed by atoms with van der Waals surface area (Å²) in [5, 5.41) is 0. The molecule has 2 unspecified atom stereocenters. The second-order valence-electron chi connectivity index (χ2n) is 4.58. The number of rotatable bonds is 2. The Morgan fingerprint density at radius 3 is 2.93 bits per heavy atom. The van der Waals surface area contributed by atoms with Gasteiger partial charge in [0.15, 0.2) is 0 Å². The van der Waals surface area contributed by atoms with Crippen LogP contribution < -0.4 is 10.5 Å². The lowest BCUT2D eigenvalue weighted by molar-refractivity contribution is 0.129. The van der Waals surface area contributed by atoms with E-state index in [2.05, 4.69) is 6.92 Å². The number of benzene rings is 1. The topological polar surface area (TPSA) is 35.2 Å². The van der Waals surface area contributed by atoms with E-state index in [9.17, 15) is 0 Å². The lowest BCUT2D eigenvalue weighted by Crippen LogP contribution is -2.24. The number of nitrogen functional groups attached to an aromatic ring is 1. The second-order valence-corrected chi connectivity index (χ2v) is 4.58. The molecule has 0 radical (unpaired) electrons. The molecule has 1 aliphatic carbocycles. The van der Waals surface area contributed by atoms with Crippen LogP contribution in [0.2, 0.25) is 0 Å². The fourth-order valence-corrected chi connectivity index (χ4v) is 2.27. The van der Waals surface area contributed by atoms with Gasteiger partial charge < -0.3 is 10.5 Å². The molecule has 0 amide bonds. The summed E-state index contributed by atoms with van der Waals surface area (Å²) in [4.78, 5) is 0. The molecule has 15 heavy (non-hydrogen) atoms. The lowest BCUT2D eigenvalue weighted by Gasteiger charge is -2.27. The zero-order valence-corrected chi connectivity index (χ0v) is 9.28. The molecular formula is C13H19NO. The van der Waals surface area contributed by atoms with Crippen molar-refractivity contribution in [2.75, 3.05) is 5.73 Å². The first-order chi connectivity index (χ1) is 7.24. The third-order valence-electron chi connectivity index (χ3n) is 3.05. The number of ether oxygens (including phenoxy) is 1. The predicted molar refractivity (Wildman–Crippen MR) is 62.9 cm³/mol. The number of anilines is 1. The molecule has 82 valence electrons. The maximum Gasteiger partial charge on any atom is 0.121 e. The van der Waals surface area contributed by atoms with Crippen LogP contribution in [-0.2, 0) is 0 Å². The zero-order chi connectivity index (χ0) is 10.7. The standard InChI is InChI=1S/C13H19NO/c1-10-4-2-6-12(8-10)15-13-7-3-5-11(14)9-13/h3,5,7,9-10,12H,2,4,6,8,14H2,1H3. The molecule has 1 aromatic carbocycles. The third-order valence-corrected chi connectivity index (χ3v) is 3.05. The van der Waals surface area contributed by atoms with E-state index in [1.54, 1.807) is 0 Å². The van der Waals surface area contributed by atoms with E-state index < -0.39 is 0 Å². The Labute approximate surface area is 91.4 Å². The van der Waals surface area contributed by atoms with Crippen molar-refractivity contribution < 1.29 is 4.74 Å². The van der Waals surface area contributed by atoms with Crippen LogP contribution in [0.3, 0.4) is 0 Å². The Balaban J connectivity index is 1.96. The first-order valence-corrected chi connectivity index (χ1v) is 5.76. The molecule has 1 aromatic rings. The van der Waals surface area contributed by atoms with Gasteiger partial charge in [0.2, 0.25) is 0 Å². The van der Waals surface area contributed by atoms with Crippen molar-refractivity contribution in [1.82, 2.24) is 0 Å². The quantitative estimate of drug-likeness (QED) is 0.752. The van der Waals surface area contributed by atoms with E-state index in [1.807, 2.05) is 24.3 Å². The van der Waals surface area contributed by atoms with Crippen LogP contribution in [0.15, 0.2) is 24.3 Å². The fraction of sp³-hybridized carbons (Fsp3) is 0.538. The van der Waals surface area contributed by atoms with Crippen molar-refractivity contribution in [2.45, 2.75) is 38.7 Å². The van der Waals surface area contributed by atoms with E-state index in [-0.39, 0.29) is 0 Å². The minimum atomic E-state index is 0.385. The molecule has 0 spiro atoms. The van der Waals surface area contributed by atoms with Crippen LogP contribution in [0.4, 0.5) is 5.69 Å². The van der Waals surface area contributed by atoms with Gasteiger partial charge in [-0.1, -0.05) is 19.4 Å². The van der Waals surface area contributed by atoms with Crippen molar-refractivity contribution in [3.05, 3.63) is 24.3 Å². The highest BCUT2D eigenvalue weighted by molar-refractivity contribution is 5.43. The highest BCUT2D eigenvalue weighted by Gasteiger charge is 2.19. The van der Waals surface area contributed by atoms with Gasteiger partial charge in [0.1, 0.15) is 5.75 Å². The van der Waals surface area contributed by atoms with Gasteiger partial charge in [-0.3, -0.25) is 0 Å². The second kappa shape index (κ2) is 4.56. The normalized spacial score (nSPS) is 26.2. The van der Waals surface area contributed by atoms with Gasteiger partial charge in [0.25, 0.3) is 0 Å². The van der Waals surface area contributed by atoms with E-state index in [0.29, 0.717) is 6.10 Å². The Morgan fingerprint density at radius 2 is 2.20 bits per heavy atom. The largest absolute Gasteiger partial charge is 0.490 e. The van der Waals surface area contributed by atoms with E-state index in [0.717, 1.165) is 17.4 Å². The van der Waals surface area contributed by atoms with Gasteiger partial charge in [-0.2, -0.15) is 0 Å². The molecule has 1 fully saturated rings. The molecule has 0 bridgehead atoms. The van der Waals surface area contributed by atoms with Crippen molar-refractivity contribution in [3.63, 3.8) is 0 Å². The molecule has 2 heteroatoms. The van der Waals surface area contributed by atoms with Crippen molar-refractivity contribution in [1.29, 1.82) is 0 Å². The molecule has 0 aromatic heterocycles. The van der Waals surface area contributed by atoms with E-state index in [4.69, 9.17) is 10.5 Å². The fourth-order valence-electron chi connectivity index (χ4n) is 2.27. The molecule has 2 rings (SSSR count). The molecule has 1 saturated carbocycles. The van der Waals surface area contributed by atoms with Crippen LogP contribution in [0, 0.1) is 5.92 Å². The molecule has 0 heterocycles. The summed E-state index contributed by atoms with van der Waals surface area (Å²) in [6, 6.07) is 7.71. The molecule has 2 atom stereocenters. The third kappa shape index (κ3) is 2.88. The van der Waals surface area contributed by atoms with E-state index >= 15 is 0 Å². The smallest absolute Gasteiger partial charge is 0.121 e. The average Bonchev–Trinajstić information content (AvgIpc) is 2.17. The highest BCUT2D eigenvalue weighted by atomic mass is 16.5. The Bertz CT molecular complexity index is 324. The van der Waals surface area contributed by atoms with Crippen molar-refractivity contribution >= 4 is 5.69 Å².